The van der Waals surface area contributed by atoms with Gasteiger partial charge in [0.05, 0.1) is 30.7 Å². The number of sulfone groups is 1. The van der Waals surface area contributed by atoms with Crippen LogP contribution in [0, 0.1) is 17.8 Å². The number of aromatic nitrogens is 3. The lowest BCUT2D eigenvalue weighted by Crippen LogP contribution is -2.23. The van der Waals surface area contributed by atoms with Crippen molar-refractivity contribution < 1.29 is 23.0 Å². The van der Waals surface area contributed by atoms with E-state index in [1.807, 2.05) is 30.3 Å². The van der Waals surface area contributed by atoms with Crippen LogP contribution in [0.1, 0.15) is 31.5 Å². The smallest absolute Gasteiger partial charge is 0.182 e. The molecule has 41 heavy (non-hydrogen) atoms. The number of aliphatic hydroxyl groups is 1. The molecule has 1 aliphatic heterocycles. The van der Waals surface area contributed by atoms with E-state index >= 15 is 0 Å². The quantitative estimate of drug-likeness (QED) is 0.310. The van der Waals surface area contributed by atoms with E-state index in [0.717, 1.165) is 58.5 Å². The molecule has 10 heteroatoms. The molecule has 0 aliphatic carbocycles. The standard InChI is InChI=1S/C31H36N4O5S/c1-19(16-36)17-41(37,38)30-13-24(15-33-31(30)32)22-4-7-29-23(11-22)10-20(2)21(8-9-40-29)12-27-26-6-5-25(39-3)14-28(26)35-18-34-27/h4-7,11,13-15,18-21,36H,8-10,12,16-17H2,1-3H3,(H2,32,33). The highest BCUT2D eigenvalue weighted by Crippen LogP contribution is 2.36. The Balaban J connectivity index is 1.40. The minimum Gasteiger partial charge on any atom is -0.497 e. The molecule has 0 amide bonds. The number of hydrogen-bond acceptors (Lipinski definition) is 9. The monoisotopic (exact) mass is 576 g/mol. The molecule has 3 heterocycles. The Hall–Kier alpha value is -3.76. The molecule has 0 fully saturated rings. The third-order valence-corrected chi connectivity index (χ3v) is 9.91. The summed E-state index contributed by atoms with van der Waals surface area (Å²) in [4.78, 5) is 13.2. The van der Waals surface area contributed by atoms with E-state index in [2.05, 4.69) is 27.9 Å². The summed E-state index contributed by atoms with van der Waals surface area (Å²) in [6, 6.07) is 13.4. The van der Waals surface area contributed by atoms with E-state index in [4.69, 9.17) is 15.2 Å². The minimum absolute atomic E-state index is 0.0126. The van der Waals surface area contributed by atoms with E-state index < -0.39 is 15.8 Å². The number of anilines is 1. The molecule has 5 rings (SSSR count). The number of benzene rings is 2. The molecule has 216 valence electrons. The molecule has 0 saturated carbocycles. The Bertz CT molecular complexity index is 1660. The van der Waals surface area contributed by atoms with E-state index in [-0.39, 0.29) is 23.1 Å². The van der Waals surface area contributed by atoms with Gasteiger partial charge in [-0.15, -0.1) is 0 Å². The Morgan fingerprint density at radius 2 is 1.95 bits per heavy atom. The van der Waals surface area contributed by atoms with Crippen LogP contribution >= 0.6 is 0 Å². The van der Waals surface area contributed by atoms with Crippen molar-refractivity contribution in [1.82, 2.24) is 15.0 Å². The normalized spacial score (nSPS) is 18.1. The van der Waals surface area contributed by atoms with Gasteiger partial charge in [0.15, 0.2) is 9.84 Å². The molecule has 2 aromatic carbocycles. The van der Waals surface area contributed by atoms with Crippen molar-refractivity contribution in [2.24, 2.45) is 17.8 Å². The van der Waals surface area contributed by atoms with Crippen molar-refractivity contribution in [2.45, 2.75) is 38.0 Å². The second-order valence-electron chi connectivity index (χ2n) is 11.0. The maximum Gasteiger partial charge on any atom is 0.182 e. The third-order valence-electron chi connectivity index (χ3n) is 7.90. The molecule has 2 aromatic heterocycles. The minimum atomic E-state index is -3.72. The molecular weight excluding hydrogens is 540 g/mol. The molecule has 0 saturated heterocycles. The SMILES string of the molecule is COc1ccc2c(CC3CCOc4ccc(-c5cnc(N)c(S(=O)(=O)CC(C)CO)c5)cc4CC3C)ncnc2c1. The van der Waals surface area contributed by atoms with Crippen LogP contribution in [0.3, 0.4) is 0 Å². The maximum atomic E-state index is 13.0. The van der Waals surface area contributed by atoms with Crippen LogP contribution in [0.25, 0.3) is 22.0 Å². The van der Waals surface area contributed by atoms with Crippen molar-refractivity contribution >= 4 is 26.6 Å². The fraction of sp³-hybridized carbons (Fsp3) is 0.387. The average molecular weight is 577 g/mol. The summed E-state index contributed by atoms with van der Waals surface area (Å²) >= 11 is 0. The zero-order valence-electron chi connectivity index (χ0n) is 23.6. The number of pyridine rings is 1. The highest BCUT2D eigenvalue weighted by atomic mass is 32.2. The fourth-order valence-corrected chi connectivity index (χ4v) is 7.20. The summed E-state index contributed by atoms with van der Waals surface area (Å²) in [5.74, 6) is 1.64. The lowest BCUT2D eigenvalue weighted by Gasteiger charge is -2.28. The fourth-order valence-electron chi connectivity index (χ4n) is 5.49. The van der Waals surface area contributed by atoms with Gasteiger partial charge >= 0.3 is 0 Å². The van der Waals surface area contributed by atoms with Crippen LogP contribution < -0.4 is 15.2 Å². The Morgan fingerprint density at radius 1 is 1.12 bits per heavy atom. The van der Waals surface area contributed by atoms with E-state index in [1.165, 1.54) is 0 Å². The van der Waals surface area contributed by atoms with Crippen LogP contribution in [0.2, 0.25) is 0 Å². The van der Waals surface area contributed by atoms with Gasteiger partial charge < -0.3 is 20.3 Å². The number of rotatable bonds is 8. The van der Waals surface area contributed by atoms with Crippen LogP contribution in [0.4, 0.5) is 5.82 Å². The number of hydrogen-bond donors (Lipinski definition) is 2. The van der Waals surface area contributed by atoms with Gasteiger partial charge in [0.1, 0.15) is 28.5 Å². The van der Waals surface area contributed by atoms with Crippen LogP contribution in [-0.4, -0.2) is 54.6 Å². The Labute approximate surface area is 240 Å². The van der Waals surface area contributed by atoms with Gasteiger partial charge in [0.25, 0.3) is 0 Å². The lowest BCUT2D eigenvalue weighted by molar-refractivity contribution is 0.221. The summed E-state index contributed by atoms with van der Waals surface area (Å²) in [5, 5.41) is 10.4. The van der Waals surface area contributed by atoms with Crippen molar-refractivity contribution in [2.75, 3.05) is 31.8 Å². The molecule has 9 nitrogen and oxygen atoms in total. The van der Waals surface area contributed by atoms with Gasteiger partial charge in [0.2, 0.25) is 0 Å². The summed E-state index contributed by atoms with van der Waals surface area (Å²) in [6.07, 6.45) is 5.71. The summed E-state index contributed by atoms with van der Waals surface area (Å²) in [5.41, 5.74) is 10.4. The zero-order chi connectivity index (χ0) is 29.1. The summed E-state index contributed by atoms with van der Waals surface area (Å²) in [7, 11) is -2.07. The van der Waals surface area contributed by atoms with Gasteiger partial charge in [-0.1, -0.05) is 19.9 Å². The first-order valence-corrected chi connectivity index (χ1v) is 15.5. The van der Waals surface area contributed by atoms with Gasteiger partial charge in [-0.2, -0.15) is 0 Å². The second-order valence-corrected chi connectivity index (χ2v) is 13.0. The topological polar surface area (TPSA) is 138 Å². The summed E-state index contributed by atoms with van der Waals surface area (Å²) in [6.45, 7) is 4.31. The van der Waals surface area contributed by atoms with Gasteiger partial charge in [0, 0.05) is 29.8 Å². The number of ether oxygens (including phenoxy) is 2. The van der Waals surface area contributed by atoms with Gasteiger partial charge in [-0.3, -0.25) is 0 Å². The molecule has 0 bridgehead atoms. The van der Waals surface area contributed by atoms with Crippen LogP contribution in [0.15, 0.2) is 59.9 Å². The molecule has 0 spiro atoms. The molecular formula is C31H36N4O5S. The van der Waals surface area contributed by atoms with Gasteiger partial charge in [-0.05, 0) is 78.5 Å². The van der Waals surface area contributed by atoms with Crippen molar-refractivity contribution in [3.8, 4) is 22.6 Å². The molecule has 3 N–H and O–H groups in total. The Kier molecular flexibility index (Phi) is 8.42. The van der Waals surface area contributed by atoms with Crippen LogP contribution in [-0.2, 0) is 22.7 Å². The maximum absolute atomic E-state index is 13.0. The number of nitrogens with two attached hydrogens (primary N) is 1. The van der Waals surface area contributed by atoms with E-state index in [0.29, 0.717) is 24.0 Å². The molecule has 0 radical (unpaired) electrons. The number of methoxy groups -OCH3 is 1. The first kappa shape index (κ1) is 28.8. The average Bonchev–Trinajstić information content (AvgIpc) is 2.96. The Morgan fingerprint density at radius 3 is 2.73 bits per heavy atom. The molecule has 3 atom stereocenters. The van der Waals surface area contributed by atoms with Crippen molar-refractivity contribution in [3.63, 3.8) is 0 Å². The number of fused-ring (bicyclic) bond motifs is 2. The predicted octanol–water partition coefficient (Wildman–Crippen LogP) is 4.50. The largest absolute Gasteiger partial charge is 0.497 e. The number of aliphatic hydroxyl groups excluding tert-OH is 1. The van der Waals surface area contributed by atoms with Crippen molar-refractivity contribution in [3.05, 3.63) is 66.2 Å². The lowest BCUT2D eigenvalue weighted by atomic mass is 9.81. The van der Waals surface area contributed by atoms with Gasteiger partial charge in [-0.25, -0.2) is 23.4 Å². The van der Waals surface area contributed by atoms with E-state index in [9.17, 15) is 13.5 Å². The molecule has 1 aliphatic rings. The summed E-state index contributed by atoms with van der Waals surface area (Å²) < 4.78 is 37.6. The highest BCUT2D eigenvalue weighted by molar-refractivity contribution is 7.91. The zero-order valence-corrected chi connectivity index (χ0v) is 24.4. The third kappa shape index (κ3) is 6.28. The molecule has 4 aromatic rings. The first-order valence-electron chi connectivity index (χ1n) is 13.8. The van der Waals surface area contributed by atoms with Crippen LogP contribution in [0.5, 0.6) is 11.5 Å². The highest BCUT2D eigenvalue weighted by Gasteiger charge is 2.26. The first-order chi connectivity index (χ1) is 19.7. The second kappa shape index (κ2) is 12.0. The number of nitrogen functional groups attached to an aromatic ring is 1. The molecule has 3 unspecified atom stereocenters. The van der Waals surface area contributed by atoms with E-state index in [1.54, 1.807) is 32.6 Å². The predicted molar refractivity (Wildman–Crippen MR) is 159 cm³/mol. The van der Waals surface area contributed by atoms with Crippen molar-refractivity contribution in [1.29, 1.82) is 0 Å². The number of nitrogens with zero attached hydrogens (tertiary/aromatic N) is 3.